The van der Waals surface area contributed by atoms with E-state index in [2.05, 4.69) is 4.98 Å². The van der Waals surface area contributed by atoms with Gasteiger partial charge in [0.2, 0.25) is 0 Å². The van der Waals surface area contributed by atoms with Crippen LogP contribution >= 0.6 is 11.6 Å². The highest BCUT2D eigenvalue weighted by molar-refractivity contribution is 6.17. The van der Waals surface area contributed by atoms with E-state index >= 15 is 0 Å². The summed E-state index contributed by atoms with van der Waals surface area (Å²) in [5.74, 6) is 0.315. The highest BCUT2D eigenvalue weighted by Gasteiger charge is 2.14. The Morgan fingerprint density at radius 2 is 2.23 bits per heavy atom. The lowest BCUT2D eigenvalue weighted by molar-refractivity contribution is 0.150. The van der Waals surface area contributed by atoms with Crippen LogP contribution in [0, 0.1) is 6.92 Å². The van der Waals surface area contributed by atoms with E-state index in [4.69, 9.17) is 17.3 Å². The SMILES string of the molecule is Cc1nc(N)c(CCl)cc1C(F)F. The number of alkyl halides is 3. The molecule has 0 unspecified atom stereocenters. The van der Waals surface area contributed by atoms with Gasteiger partial charge in [0.15, 0.2) is 0 Å². The van der Waals surface area contributed by atoms with Gasteiger partial charge >= 0.3 is 0 Å². The van der Waals surface area contributed by atoms with Crippen molar-refractivity contribution in [1.29, 1.82) is 0 Å². The van der Waals surface area contributed by atoms with E-state index in [-0.39, 0.29) is 23.0 Å². The maximum atomic E-state index is 12.4. The minimum Gasteiger partial charge on any atom is -0.383 e. The summed E-state index contributed by atoms with van der Waals surface area (Å²) < 4.78 is 24.7. The number of halogens is 3. The maximum Gasteiger partial charge on any atom is 0.265 e. The summed E-state index contributed by atoms with van der Waals surface area (Å²) in [6.07, 6.45) is -2.53. The highest BCUT2D eigenvalue weighted by Crippen LogP contribution is 2.25. The molecule has 0 fully saturated rings. The monoisotopic (exact) mass is 206 g/mol. The number of anilines is 1. The molecule has 0 aromatic carbocycles. The van der Waals surface area contributed by atoms with Crippen molar-refractivity contribution in [3.63, 3.8) is 0 Å². The zero-order valence-corrected chi connectivity index (χ0v) is 7.78. The fourth-order valence-electron chi connectivity index (χ4n) is 1.01. The fraction of sp³-hybridized carbons (Fsp3) is 0.375. The lowest BCUT2D eigenvalue weighted by Crippen LogP contribution is -2.02. The molecule has 0 amide bonds. The molecule has 0 aliphatic carbocycles. The van der Waals surface area contributed by atoms with Crippen LogP contribution in [0.25, 0.3) is 0 Å². The van der Waals surface area contributed by atoms with Crippen molar-refractivity contribution in [3.05, 3.63) is 22.9 Å². The number of hydrogen-bond donors (Lipinski definition) is 1. The van der Waals surface area contributed by atoms with Crippen LogP contribution in [0.15, 0.2) is 6.07 Å². The predicted octanol–water partition coefficient (Wildman–Crippen LogP) is 2.65. The number of aryl methyl sites for hydroxylation is 1. The van der Waals surface area contributed by atoms with E-state index < -0.39 is 6.43 Å². The first-order chi connectivity index (χ1) is 6.06. The largest absolute Gasteiger partial charge is 0.383 e. The average molecular weight is 207 g/mol. The Labute approximate surface area is 79.7 Å². The highest BCUT2D eigenvalue weighted by atomic mass is 35.5. The molecule has 0 radical (unpaired) electrons. The summed E-state index contributed by atoms with van der Waals surface area (Å²) in [6, 6.07) is 1.30. The molecule has 1 aromatic heterocycles. The molecule has 5 heteroatoms. The van der Waals surface area contributed by atoms with Crippen LogP contribution in [0.2, 0.25) is 0 Å². The van der Waals surface area contributed by atoms with Gasteiger partial charge in [-0.25, -0.2) is 13.8 Å². The molecule has 0 saturated heterocycles. The van der Waals surface area contributed by atoms with Crippen molar-refractivity contribution in [2.24, 2.45) is 0 Å². The average Bonchev–Trinajstić information content (AvgIpc) is 2.03. The lowest BCUT2D eigenvalue weighted by Gasteiger charge is -2.08. The van der Waals surface area contributed by atoms with Crippen molar-refractivity contribution < 1.29 is 8.78 Å². The van der Waals surface area contributed by atoms with Crippen molar-refractivity contribution in [2.75, 3.05) is 5.73 Å². The zero-order chi connectivity index (χ0) is 10.0. The number of rotatable bonds is 2. The number of nitrogen functional groups attached to an aromatic ring is 1. The van der Waals surface area contributed by atoms with Crippen molar-refractivity contribution >= 4 is 17.4 Å². The van der Waals surface area contributed by atoms with E-state index in [1.54, 1.807) is 0 Å². The second kappa shape index (κ2) is 3.87. The minimum atomic E-state index is -2.53. The van der Waals surface area contributed by atoms with Gasteiger partial charge in [0.05, 0.1) is 5.88 Å². The van der Waals surface area contributed by atoms with E-state index in [1.807, 2.05) is 0 Å². The van der Waals surface area contributed by atoms with Gasteiger partial charge in [-0.15, -0.1) is 11.6 Å². The van der Waals surface area contributed by atoms with Gasteiger partial charge in [0, 0.05) is 16.8 Å². The lowest BCUT2D eigenvalue weighted by atomic mass is 10.1. The Bertz CT molecular complexity index is 315. The molecule has 0 spiro atoms. The normalized spacial score (nSPS) is 10.8. The number of nitrogens with zero attached hydrogens (tertiary/aromatic N) is 1. The van der Waals surface area contributed by atoms with Crippen LogP contribution in [0.1, 0.15) is 23.2 Å². The summed E-state index contributed by atoms with van der Waals surface area (Å²) in [6.45, 7) is 1.50. The molecular formula is C8H9ClF2N2. The number of nitrogens with two attached hydrogens (primary N) is 1. The standard InChI is InChI=1S/C8H9ClF2N2/c1-4-6(7(10)11)2-5(3-9)8(12)13-4/h2,7H,3H2,1H3,(H2,12,13). The van der Waals surface area contributed by atoms with E-state index in [1.165, 1.54) is 13.0 Å². The van der Waals surface area contributed by atoms with Crippen LogP contribution < -0.4 is 5.73 Å². The van der Waals surface area contributed by atoms with Crippen molar-refractivity contribution in [1.82, 2.24) is 4.98 Å². The fourth-order valence-corrected chi connectivity index (χ4v) is 1.23. The molecule has 13 heavy (non-hydrogen) atoms. The first kappa shape index (κ1) is 10.2. The second-order valence-corrected chi connectivity index (χ2v) is 2.91. The molecule has 1 aromatic rings. The summed E-state index contributed by atoms with van der Waals surface area (Å²) in [5.41, 5.74) is 6.05. The molecule has 0 aliphatic rings. The van der Waals surface area contributed by atoms with Crippen molar-refractivity contribution in [3.8, 4) is 0 Å². The van der Waals surface area contributed by atoms with Crippen molar-refractivity contribution in [2.45, 2.75) is 19.2 Å². The molecular weight excluding hydrogens is 198 g/mol. The summed E-state index contributed by atoms with van der Waals surface area (Å²) in [4.78, 5) is 3.78. The van der Waals surface area contributed by atoms with Gasteiger partial charge in [-0.05, 0) is 13.0 Å². The summed E-state index contributed by atoms with van der Waals surface area (Å²) >= 11 is 5.50. The van der Waals surface area contributed by atoms with Gasteiger partial charge in [0.1, 0.15) is 5.82 Å². The van der Waals surface area contributed by atoms with Gasteiger partial charge in [-0.3, -0.25) is 0 Å². The molecule has 2 N–H and O–H groups in total. The molecule has 0 saturated carbocycles. The number of pyridine rings is 1. The van der Waals surface area contributed by atoms with Gasteiger partial charge in [0.25, 0.3) is 6.43 Å². The summed E-state index contributed by atoms with van der Waals surface area (Å²) in [5, 5.41) is 0. The Hall–Kier alpha value is -0.900. The Balaban J connectivity index is 3.22. The molecule has 1 rings (SSSR count). The van der Waals surface area contributed by atoms with E-state index in [0.29, 0.717) is 5.56 Å². The zero-order valence-electron chi connectivity index (χ0n) is 7.02. The molecule has 1 heterocycles. The van der Waals surface area contributed by atoms with E-state index in [0.717, 1.165) is 0 Å². The third kappa shape index (κ3) is 2.06. The molecule has 2 nitrogen and oxygen atoms in total. The maximum absolute atomic E-state index is 12.4. The molecule has 0 aliphatic heterocycles. The minimum absolute atomic E-state index is 0.0961. The Morgan fingerprint density at radius 3 is 2.69 bits per heavy atom. The van der Waals surface area contributed by atoms with Gasteiger partial charge < -0.3 is 5.73 Å². The van der Waals surface area contributed by atoms with Crippen LogP contribution in [0.5, 0.6) is 0 Å². The van der Waals surface area contributed by atoms with Crippen LogP contribution in [-0.2, 0) is 5.88 Å². The first-order valence-electron chi connectivity index (χ1n) is 3.66. The number of aromatic nitrogens is 1. The third-order valence-corrected chi connectivity index (χ3v) is 2.03. The van der Waals surface area contributed by atoms with Gasteiger partial charge in [-0.1, -0.05) is 0 Å². The molecule has 72 valence electrons. The van der Waals surface area contributed by atoms with Crippen LogP contribution in [0.4, 0.5) is 14.6 Å². The van der Waals surface area contributed by atoms with Crippen LogP contribution in [-0.4, -0.2) is 4.98 Å². The third-order valence-electron chi connectivity index (χ3n) is 1.74. The van der Waals surface area contributed by atoms with Gasteiger partial charge in [-0.2, -0.15) is 0 Å². The summed E-state index contributed by atoms with van der Waals surface area (Å²) in [7, 11) is 0. The Kier molecular flexibility index (Phi) is 3.03. The second-order valence-electron chi connectivity index (χ2n) is 2.64. The van der Waals surface area contributed by atoms with Crippen LogP contribution in [0.3, 0.4) is 0 Å². The Morgan fingerprint density at radius 1 is 1.62 bits per heavy atom. The smallest absolute Gasteiger partial charge is 0.265 e. The topological polar surface area (TPSA) is 38.9 Å². The van der Waals surface area contributed by atoms with E-state index in [9.17, 15) is 8.78 Å². The first-order valence-corrected chi connectivity index (χ1v) is 4.19. The molecule has 0 bridgehead atoms. The predicted molar refractivity (Wildman–Crippen MR) is 47.9 cm³/mol. The quantitative estimate of drug-likeness (QED) is 0.756. The molecule has 0 atom stereocenters. The number of hydrogen-bond acceptors (Lipinski definition) is 2.